The molecule has 1 aliphatic heterocycles. The van der Waals surface area contributed by atoms with Crippen molar-refractivity contribution in [2.24, 2.45) is 5.92 Å². The van der Waals surface area contributed by atoms with Crippen LogP contribution in [0.5, 0.6) is 0 Å². The molecule has 0 aliphatic carbocycles. The molecule has 112 valence electrons. The van der Waals surface area contributed by atoms with Crippen molar-refractivity contribution in [3.05, 3.63) is 34.1 Å². The Balaban J connectivity index is 2.00. The molecule has 0 amide bonds. The summed E-state index contributed by atoms with van der Waals surface area (Å²) in [7, 11) is 0. The molecule has 0 spiro atoms. The van der Waals surface area contributed by atoms with Crippen molar-refractivity contribution < 1.29 is 4.39 Å². The molecule has 1 aromatic rings. The number of nitrogens with one attached hydrogen (secondary N) is 1. The highest BCUT2D eigenvalue weighted by Gasteiger charge is 2.25. The van der Waals surface area contributed by atoms with Gasteiger partial charge in [0.25, 0.3) is 0 Å². The molecule has 0 saturated carbocycles. The summed E-state index contributed by atoms with van der Waals surface area (Å²) < 4.78 is 13.8. The molecular formula is C16H24BrFN2. The van der Waals surface area contributed by atoms with E-state index in [-0.39, 0.29) is 5.82 Å². The Morgan fingerprint density at radius 1 is 1.45 bits per heavy atom. The number of nitrogens with zero attached hydrogens (tertiary/aromatic N) is 1. The summed E-state index contributed by atoms with van der Waals surface area (Å²) in [6.07, 6.45) is 1.20. The number of hydrogen-bond donors (Lipinski definition) is 1. The Bertz CT molecular complexity index is 450. The fraction of sp³-hybridized carbons (Fsp3) is 0.625. The van der Waals surface area contributed by atoms with Crippen LogP contribution in [0, 0.1) is 11.7 Å². The highest BCUT2D eigenvalue weighted by Crippen LogP contribution is 2.20. The van der Waals surface area contributed by atoms with Crippen LogP contribution in [0.4, 0.5) is 4.39 Å². The van der Waals surface area contributed by atoms with E-state index in [0.29, 0.717) is 22.5 Å². The van der Waals surface area contributed by atoms with Gasteiger partial charge in [0.15, 0.2) is 0 Å². The van der Waals surface area contributed by atoms with Gasteiger partial charge in [-0.25, -0.2) is 4.39 Å². The van der Waals surface area contributed by atoms with Crippen LogP contribution < -0.4 is 5.32 Å². The van der Waals surface area contributed by atoms with Gasteiger partial charge >= 0.3 is 0 Å². The molecule has 20 heavy (non-hydrogen) atoms. The topological polar surface area (TPSA) is 15.3 Å². The van der Waals surface area contributed by atoms with Gasteiger partial charge in [-0.2, -0.15) is 0 Å². The predicted octanol–water partition coefficient (Wildman–Crippen LogP) is 3.80. The number of halogens is 2. The maximum absolute atomic E-state index is 13.3. The molecule has 1 N–H and O–H groups in total. The summed E-state index contributed by atoms with van der Waals surface area (Å²) in [5.41, 5.74) is 1.16. The second-order valence-electron chi connectivity index (χ2n) is 6.26. The highest BCUT2D eigenvalue weighted by molar-refractivity contribution is 9.10. The summed E-state index contributed by atoms with van der Waals surface area (Å²) in [5, 5.41) is 3.63. The normalized spacial score (nSPS) is 24.3. The molecule has 1 heterocycles. The highest BCUT2D eigenvalue weighted by atomic mass is 79.9. The lowest BCUT2D eigenvalue weighted by Crippen LogP contribution is -2.55. The molecule has 2 unspecified atom stereocenters. The van der Waals surface area contributed by atoms with Gasteiger partial charge in [-0.05, 0) is 52.9 Å². The van der Waals surface area contributed by atoms with Gasteiger partial charge in [-0.15, -0.1) is 0 Å². The Kier molecular flexibility index (Phi) is 5.58. The first kappa shape index (κ1) is 15.9. The second-order valence-corrected chi connectivity index (χ2v) is 7.12. The van der Waals surface area contributed by atoms with Gasteiger partial charge < -0.3 is 5.32 Å². The first-order chi connectivity index (χ1) is 9.45. The quantitative estimate of drug-likeness (QED) is 0.895. The van der Waals surface area contributed by atoms with Gasteiger partial charge in [0.2, 0.25) is 0 Å². The number of piperazine rings is 1. The fourth-order valence-corrected chi connectivity index (χ4v) is 3.24. The zero-order valence-electron chi connectivity index (χ0n) is 12.5. The van der Waals surface area contributed by atoms with Gasteiger partial charge in [-0.3, -0.25) is 4.90 Å². The summed E-state index contributed by atoms with van der Waals surface area (Å²) in [4.78, 5) is 2.49. The predicted molar refractivity (Wildman–Crippen MR) is 85.2 cm³/mol. The molecule has 1 aliphatic rings. The summed E-state index contributed by atoms with van der Waals surface area (Å²) in [5.74, 6) is 0.516. The molecule has 1 saturated heterocycles. The third kappa shape index (κ3) is 4.27. The van der Waals surface area contributed by atoms with E-state index in [1.807, 2.05) is 12.1 Å². The van der Waals surface area contributed by atoms with E-state index in [2.05, 4.69) is 46.9 Å². The fourth-order valence-electron chi connectivity index (χ4n) is 2.81. The smallest absolute Gasteiger partial charge is 0.137 e. The molecule has 0 bridgehead atoms. The average molecular weight is 343 g/mol. The maximum atomic E-state index is 13.3. The van der Waals surface area contributed by atoms with E-state index in [1.54, 1.807) is 0 Å². The van der Waals surface area contributed by atoms with Crippen LogP contribution in [0.1, 0.15) is 32.8 Å². The molecule has 0 radical (unpaired) electrons. The van der Waals surface area contributed by atoms with Crippen molar-refractivity contribution in [3.63, 3.8) is 0 Å². The van der Waals surface area contributed by atoms with Crippen LogP contribution in [0.2, 0.25) is 0 Å². The SMILES string of the molecule is CC(C)CC1CN(Cc2ccc(F)c(Br)c2)C(C)CN1. The number of rotatable bonds is 4. The lowest BCUT2D eigenvalue weighted by Gasteiger charge is -2.39. The third-order valence-corrected chi connectivity index (χ3v) is 4.51. The van der Waals surface area contributed by atoms with Crippen molar-refractivity contribution >= 4 is 15.9 Å². The monoisotopic (exact) mass is 342 g/mol. The second kappa shape index (κ2) is 7.01. The van der Waals surface area contributed by atoms with Gasteiger partial charge in [-0.1, -0.05) is 19.9 Å². The van der Waals surface area contributed by atoms with Gasteiger partial charge in [0.1, 0.15) is 5.82 Å². The summed E-state index contributed by atoms with van der Waals surface area (Å²) in [6, 6.07) is 6.39. The van der Waals surface area contributed by atoms with Crippen molar-refractivity contribution in [2.75, 3.05) is 13.1 Å². The molecule has 1 aromatic carbocycles. The molecular weight excluding hydrogens is 319 g/mol. The minimum Gasteiger partial charge on any atom is -0.311 e. The van der Waals surface area contributed by atoms with Crippen LogP contribution in [-0.4, -0.2) is 30.1 Å². The largest absolute Gasteiger partial charge is 0.311 e. The summed E-state index contributed by atoms with van der Waals surface area (Å²) >= 11 is 3.26. The number of benzene rings is 1. The Morgan fingerprint density at radius 2 is 2.20 bits per heavy atom. The Hall–Kier alpha value is -0.450. The minimum atomic E-state index is -0.195. The standard InChI is InChI=1S/C16H24BrFN2/c1-11(2)6-14-10-20(12(3)8-19-14)9-13-4-5-16(18)15(17)7-13/h4-5,7,11-12,14,19H,6,8-10H2,1-3H3. The zero-order valence-corrected chi connectivity index (χ0v) is 14.1. The first-order valence-corrected chi connectivity index (χ1v) is 8.16. The minimum absolute atomic E-state index is 0.195. The molecule has 2 rings (SSSR count). The lowest BCUT2D eigenvalue weighted by molar-refractivity contribution is 0.124. The van der Waals surface area contributed by atoms with E-state index < -0.39 is 0 Å². The maximum Gasteiger partial charge on any atom is 0.137 e. The van der Waals surface area contributed by atoms with E-state index in [1.165, 1.54) is 12.5 Å². The number of hydrogen-bond acceptors (Lipinski definition) is 2. The molecule has 1 fully saturated rings. The van der Waals surface area contributed by atoms with Gasteiger partial charge in [0.05, 0.1) is 4.47 Å². The van der Waals surface area contributed by atoms with E-state index in [4.69, 9.17) is 0 Å². The Morgan fingerprint density at radius 3 is 2.85 bits per heavy atom. The van der Waals surface area contributed by atoms with Crippen LogP contribution >= 0.6 is 15.9 Å². The lowest BCUT2D eigenvalue weighted by atomic mass is 9.99. The van der Waals surface area contributed by atoms with Crippen molar-refractivity contribution in [1.82, 2.24) is 10.2 Å². The zero-order chi connectivity index (χ0) is 14.7. The third-order valence-electron chi connectivity index (χ3n) is 3.91. The van der Waals surface area contributed by atoms with Crippen molar-refractivity contribution in [2.45, 2.75) is 45.8 Å². The van der Waals surface area contributed by atoms with Crippen LogP contribution in [0.15, 0.2) is 22.7 Å². The van der Waals surface area contributed by atoms with Crippen LogP contribution in [0.3, 0.4) is 0 Å². The van der Waals surface area contributed by atoms with E-state index in [9.17, 15) is 4.39 Å². The Labute approximate surface area is 129 Å². The van der Waals surface area contributed by atoms with Crippen molar-refractivity contribution in [3.8, 4) is 0 Å². The first-order valence-electron chi connectivity index (χ1n) is 7.37. The molecule has 2 atom stereocenters. The van der Waals surface area contributed by atoms with Crippen LogP contribution in [-0.2, 0) is 6.54 Å². The van der Waals surface area contributed by atoms with E-state index in [0.717, 1.165) is 25.2 Å². The molecule has 4 heteroatoms. The summed E-state index contributed by atoms with van der Waals surface area (Å²) in [6.45, 7) is 9.75. The van der Waals surface area contributed by atoms with Crippen molar-refractivity contribution in [1.29, 1.82) is 0 Å². The average Bonchev–Trinajstić information content (AvgIpc) is 2.37. The van der Waals surface area contributed by atoms with E-state index >= 15 is 0 Å². The van der Waals surface area contributed by atoms with Gasteiger partial charge in [0, 0.05) is 31.7 Å². The molecule has 2 nitrogen and oxygen atoms in total. The van der Waals surface area contributed by atoms with Crippen LogP contribution in [0.25, 0.3) is 0 Å². The molecule has 0 aromatic heterocycles.